The molecule has 4 rings (SSSR count). The van der Waals surface area contributed by atoms with Crippen LogP contribution in [0.15, 0.2) is 53.7 Å². The van der Waals surface area contributed by atoms with Crippen molar-refractivity contribution in [3.8, 4) is 0 Å². The minimum absolute atomic E-state index is 0.150. The van der Waals surface area contributed by atoms with E-state index < -0.39 is 24.1 Å². The van der Waals surface area contributed by atoms with Gasteiger partial charge in [0.25, 0.3) is 0 Å². The van der Waals surface area contributed by atoms with Crippen molar-refractivity contribution >= 4 is 29.8 Å². The molecule has 2 unspecified atom stereocenters. The predicted octanol–water partition coefficient (Wildman–Crippen LogP) is 5.53. The van der Waals surface area contributed by atoms with Crippen molar-refractivity contribution in [2.24, 2.45) is 5.41 Å². The molecule has 0 heterocycles. The van der Waals surface area contributed by atoms with Crippen LogP contribution in [0.4, 0.5) is 4.79 Å². The second-order valence-electron chi connectivity index (χ2n) is 12.3. The van der Waals surface area contributed by atoms with E-state index in [1.165, 1.54) is 40.3 Å². The second-order valence-corrected chi connectivity index (χ2v) is 12.6. The van der Waals surface area contributed by atoms with Gasteiger partial charge in [-0.1, -0.05) is 48.6 Å². The second kappa shape index (κ2) is 17.5. The van der Waals surface area contributed by atoms with Crippen LogP contribution in [0, 0.1) is 5.41 Å². The number of aryl methyl sites for hydroxylation is 1. The van der Waals surface area contributed by atoms with Crippen molar-refractivity contribution in [2.75, 3.05) is 73.6 Å². The van der Waals surface area contributed by atoms with E-state index in [4.69, 9.17) is 25.8 Å². The summed E-state index contributed by atoms with van der Waals surface area (Å²) in [6, 6.07) is 4.48. The fourth-order valence-electron chi connectivity index (χ4n) is 5.19. The fourth-order valence-corrected chi connectivity index (χ4v) is 5.30. The lowest BCUT2D eigenvalue weighted by Gasteiger charge is -2.34. The summed E-state index contributed by atoms with van der Waals surface area (Å²) in [5.41, 5.74) is 6.88. The summed E-state index contributed by atoms with van der Waals surface area (Å²) < 4.78 is 15.3. The van der Waals surface area contributed by atoms with Gasteiger partial charge in [-0.05, 0) is 101 Å². The van der Waals surface area contributed by atoms with Gasteiger partial charge in [0.1, 0.15) is 12.0 Å². The maximum Gasteiger partial charge on any atom is 0.508 e. The van der Waals surface area contributed by atoms with Gasteiger partial charge in [0.05, 0.1) is 19.8 Å². The van der Waals surface area contributed by atoms with Crippen molar-refractivity contribution in [2.45, 2.75) is 44.9 Å². The third-order valence-electron chi connectivity index (χ3n) is 7.92. The normalized spacial score (nSPS) is 17.2. The highest BCUT2D eigenvalue weighted by molar-refractivity contribution is 6.17. The summed E-state index contributed by atoms with van der Waals surface area (Å²) in [4.78, 5) is 28.5. The monoisotopic (exact) mass is 628 g/mol. The number of hydrogen-bond acceptors (Lipinski definition) is 8. The summed E-state index contributed by atoms with van der Waals surface area (Å²) in [6.45, 7) is 3.30. The Labute approximate surface area is 268 Å². The Kier molecular flexibility index (Phi) is 14.2. The Balaban J connectivity index is 0.000000583. The number of rotatable bonds is 15. The third-order valence-corrected chi connectivity index (χ3v) is 8.18. The zero-order valence-electron chi connectivity index (χ0n) is 26.9. The van der Waals surface area contributed by atoms with E-state index in [-0.39, 0.29) is 19.8 Å². The molecule has 0 saturated carbocycles. The van der Waals surface area contributed by atoms with Crippen molar-refractivity contribution in [1.82, 2.24) is 9.80 Å². The molecule has 0 saturated heterocycles. The van der Waals surface area contributed by atoms with Crippen LogP contribution < -0.4 is 0 Å². The Morgan fingerprint density at radius 1 is 0.955 bits per heavy atom. The van der Waals surface area contributed by atoms with Gasteiger partial charge in [0, 0.05) is 24.9 Å². The van der Waals surface area contributed by atoms with Crippen molar-refractivity contribution in [3.63, 3.8) is 0 Å². The number of carbonyl (C=O) groups is 2. The largest absolute Gasteiger partial charge is 0.508 e. The summed E-state index contributed by atoms with van der Waals surface area (Å²) >= 11 is 5.58. The molecule has 3 aliphatic rings. The number of unbranched alkanes of at least 4 members (excludes halogenated alkanes) is 1. The molecular formula is C35H49ClN2O6. The minimum atomic E-state index is -1.34. The molecule has 0 bridgehead atoms. The molecule has 1 aromatic rings. The molecule has 242 valence electrons. The Bertz CT molecular complexity index is 1240. The first kappa shape index (κ1) is 35.6. The quantitative estimate of drug-likeness (QED) is 0.154. The first-order valence-corrected chi connectivity index (χ1v) is 16.0. The van der Waals surface area contributed by atoms with Gasteiger partial charge in [-0.3, -0.25) is 4.79 Å². The molecule has 3 aliphatic carbocycles. The molecule has 0 amide bonds. The lowest BCUT2D eigenvalue weighted by molar-refractivity contribution is -0.160. The van der Waals surface area contributed by atoms with Crippen LogP contribution in [0.3, 0.4) is 0 Å². The van der Waals surface area contributed by atoms with Crippen molar-refractivity contribution in [3.05, 3.63) is 75.9 Å². The van der Waals surface area contributed by atoms with Gasteiger partial charge in [-0.25, -0.2) is 4.79 Å². The number of alkyl halides is 1. The average Bonchev–Trinajstić information content (AvgIpc) is 3.02. The average molecular weight is 629 g/mol. The maximum atomic E-state index is 12.2. The van der Waals surface area contributed by atoms with Crippen LogP contribution in [-0.4, -0.2) is 101 Å². The number of benzene rings is 1. The molecule has 1 N–H and O–H groups in total. The summed E-state index contributed by atoms with van der Waals surface area (Å²) in [6.07, 6.45) is 16.4. The molecule has 0 aromatic heterocycles. The first-order valence-electron chi connectivity index (χ1n) is 15.4. The van der Waals surface area contributed by atoms with Crippen molar-refractivity contribution < 1.29 is 28.9 Å². The highest BCUT2D eigenvalue weighted by Gasteiger charge is 2.36. The number of esters is 1. The molecule has 1 aromatic carbocycles. The van der Waals surface area contributed by atoms with Crippen LogP contribution in [0.1, 0.15) is 54.4 Å². The Morgan fingerprint density at radius 2 is 1.68 bits per heavy atom. The topological polar surface area (TPSA) is 88.5 Å². The molecule has 44 heavy (non-hydrogen) atoms. The number of hydrogen-bond donors (Lipinski definition) is 1. The smallest absolute Gasteiger partial charge is 0.465 e. The molecule has 0 radical (unpaired) electrons. The van der Waals surface area contributed by atoms with Gasteiger partial charge in [0.2, 0.25) is 0 Å². The van der Waals surface area contributed by atoms with Gasteiger partial charge < -0.3 is 29.1 Å². The number of aliphatic hydroxyl groups excluding tert-OH is 1. The molecule has 0 spiro atoms. The number of ether oxygens (including phenoxy) is 3. The van der Waals surface area contributed by atoms with Gasteiger partial charge in [0.15, 0.2) is 0 Å². The predicted molar refractivity (Wildman–Crippen MR) is 176 cm³/mol. The maximum absolute atomic E-state index is 12.2. The molecule has 2 atom stereocenters. The molecular weight excluding hydrogens is 580 g/mol. The number of aliphatic hydroxyl groups is 1. The van der Waals surface area contributed by atoms with Gasteiger partial charge >= 0.3 is 12.1 Å². The van der Waals surface area contributed by atoms with Crippen LogP contribution in [-0.2, 0) is 31.8 Å². The zero-order chi connectivity index (χ0) is 32.1. The molecule has 8 nitrogen and oxygen atoms in total. The number of halogens is 1. The van der Waals surface area contributed by atoms with E-state index in [0.29, 0.717) is 24.6 Å². The fraction of sp³-hybridized carbons (Fsp3) is 0.543. The molecule has 0 aliphatic heterocycles. The first-order chi connectivity index (χ1) is 21.1. The van der Waals surface area contributed by atoms with E-state index in [0.717, 1.165) is 32.4 Å². The van der Waals surface area contributed by atoms with Crippen LogP contribution in [0.5, 0.6) is 0 Å². The van der Waals surface area contributed by atoms with Crippen LogP contribution in [0.25, 0.3) is 6.08 Å². The number of allylic oxidation sites excluding steroid dienone is 7. The standard InChI is InChI=1S/C29H33ClO6.C6H16N2/c1-29(18-31,27(32)34-17-5-15-30)19-36-28(33)35-16-3-2-6-20-9-10-23-12-11-21-7-4-8-22-13-14-24(20)26(23)25(21)22;1-7(2)5-6-8(3)4/h4,7-11,13-14,25,31H,2-3,5-6,12,15-19H2,1H3;5-6H2,1-4H3. The number of nitrogens with zero attached hydrogens (tertiary/aromatic N) is 2. The number of carbonyl (C=O) groups excluding carboxylic acids is 2. The van der Waals surface area contributed by atoms with Crippen LogP contribution >= 0.6 is 11.6 Å². The van der Waals surface area contributed by atoms with Gasteiger partial charge in [-0.15, -0.1) is 11.6 Å². The summed E-state index contributed by atoms with van der Waals surface area (Å²) in [5.74, 6) is 0.0740. The van der Waals surface area contributed by atoms with Crippen molar-refractivity contribution in [1.29, 1.82) is 0 Å². The highest BCUT2D eigenvalue weighted by atomic mass is 35.5. The highest BCUT2D eigenvalue weighted by Crippen LogP contribution is 2.46. The van der Waals surface area contributed by atoms with Gasteiger partial charge in [-0.2, -0.15) is 0 Å². The third kappa shape index (κ3) is 10.1. The van der Waals surface area contributed by atoms with E-state index >= 15 is 0 Å². The zero-order valence-corrected chi connectivity index (χ0v) is 27.7. The van der Waals surface area contributed by atoms with E-state index in [1.807, 2.05) is 0 Å². The summed E-state index contributed by atoms with van der Waals surface area (Å²) in [7, 11) is 8.35. The lowest BCUT2D eigenvalue weighted by Crippen LogP contribution is -2.39. The van der Waals surface area contributed by atoms with E-state index in [2.05, 4.69) is 86.6 Å². The summed E-state index contributed by atoms with van der Waals surface area (Å²) in [5, 5.41) is 9.59. The SMILES string of the molecule is CC(CO)(COC(=O)OCCCCc1ccc2c3c1C=CC1=CC=CC(=CC2)C13)C(=O)OCCCCl.CN(C)CCN(C)C. The van der Waals surface area contributed by atoms with E-state index in [1.54, 1.807) is 0 Å². The number of likely N-dealkylation sites (N-methyl/N-ethyl adjacent to an activating group) is 2. The van der Waals surface area contributed by atoms with E-state index in [9.17, 15) is 14.7 Å². The molecule has 9 heteroatoms. The minimum Gasteiger partial charge on any atom is -0.465 e. The Hall–Kier alpha value is -2.91. The Morgan fingerprint density at radius 3 is 2.36 bits per heavy atom. The molecule has 0 fully saturated rings. The van der Waals surface area contributed by atoms with Crippen LogP contribution in [0.2, 0.25) is 0 Å². The lowest BCUT2D eigenvalue weighted by atomic mass is 9.70.